The Labute approximate surface area is 108 Å². The fourth-order valence-electron chi connectivity index (χ4n) is 2.93. The fraction of sp³-hybridized carbons (Fsp3) is 0.846. The molecule has 2 fully saturated rings. The van der Waals surface area contributed by atoms with Crippen LogP contribution in [0.5, 0.6) is 0 Å². The Hall–Kier alpha value is -1.26. The first-order valence-corrected chi connectivity index (χ1v) is 6.66. The Kier molecular flexibility index (Phi) is 3.50. The second-order valence-corrected chi connectivity index (χ2v) is 5.97. The van der Waals surface area contributed by atoms with Crippen molar-refractivity contribution in [3.05, 3.63) is 0 Å². The van der Waals surface area contributed by atoms with Crippen LogP contribution in [0.2, 0.25) is 0 Å². The predicted molar refractivity (Wildman–Crippen MR) is 67.2 cm³/mol. The second kappa shape index (κ2) is 4.78. The van der Waals surface area contributed by atoms with Gasteiger partial charge in [-0.1, -0.05) is 20.8 Å². The summed E-state index contributed by atoms with van der Waals surface area (Å²) in [7, 11) is 0. The number of urea groups is 1. The lowest BCUT2D eigenvalue weighted by Gasteiger charge is -2.24. The van der Waals surface area contributed by atoms with Crippen LogP contribution in [0.4, 0.5) is 4.79 Å². The molecule has 0 aliphatic carbocycles. The summed E-state index contributed by atoms with van der Waals surface area (Å²) in [5.41, 5.74) is 0. The monoisotopic (exact) mass is 254 g/mol. The predicted octanol–water partition coefficient (Wildman–Crippen LogP) is 1.35. The van der Waals surface area contributed by atoms with Gasteiger partial charge in [0.25, 0.3) is 0 Å². The van der Waals surface area contributed by atoms with Crippen molar-refractivity contribution in [2.24, 2.45) is 23.7 Å². The molecule has 4 unspecified atom stereocenters. The molecule has 0 spiro atoms. The van der Waals surface area contributed by atoms with Crippen molar-refractivity contribution in [1.82, 2.24) is 9.80 Å². The van der Waals surface area contributed by atoms with Crippen LogP contribution in [0.25, 0.3) is 0 Å². The first-order valence-electron chi connectivity index (χ1n) is 6.66. The molecule has 0 aromatic heterocycles. The van der Waals surface area contributed by atoms with E-state index >= 15 is 0 Å². The lowest BCUT2D eigenvalue weighted by Crippen LogP contribution is -2.41. The smallest absolute Gasteiger partial charge is 0.320 e. The highest BCUT2D eigenvalue weighted by atomic mass is 16.4. The molecular weight excluding hydrogens is 232 g/mol. The third kappa shape index (κ3) is 2.31. The van der Waals surface area contributed by atoms with Crippen molar-refractivity contribution in [1.29, 1.82) is 0 Å². The van der Waals surface area contributed by atoms with Crippen molar-refractivity contribution in [2.75, 3.05) is 26.2 Å². The van der Waals surface area contributed by atoms with Crippen LogP contribution in [-0.4, -0.2) is 53.1 Å². The van der Waals surface area contributed by atoms with E-state index in [0.29, 0.717) is 24.9 Å². The first kappa shape index (κ1) is 13.2. The molecule has 2 saturated heterocycles. The minimum Gasteiger partial charge on any atom is -0.481 e. The summed E-state index contributed by atoms with van der Waals surface area (Å²) in [6, 6.07) is 0.0156. The lowest BCUT2D eigenvalue weighted by molar-refractivity contribution is -0.142. The van der Waals surface area contributed by atoms with Crippen LogP contribution >= 0.6 is 0 Å². The van der Waals surface area contributed by atoms with Gasteiger partial charge in [0, 0.05) is 26.2 Å². The summed E-state index contributed by atoms with van der Waals surface area (Å²) in [6.07, 6.45) is 0. The number of rotatable bonds is 1. The van der Waals surface area contributed by atoms with Gasteiger partial charge in [0.05, 0.1) is 5.92 Å². The number of likely N-dealkylation sites (tertiary alicyclic amines) is 2. The summed E-state index contributed by atoms with van der Waals surface area (Å²) in [4.78, 5) is 26.9. The van der Waals surface area contributed by atoms with E-state index < -0.39 is 11.9 Å². The average molecular weight is 254 g/mol. The van der Waals surface area contributed by atoms with Gasteiger partial charge in [-0.05, 0) is 17.8 Å². The quantitative estimate of drug-likeness (QED) is 0.768. The molecule has 1 N–H and O–H groups in total. The van der Waals surface area contributed by atoms with E-state index in [-0.39, 0.29) is 11.9 Å². The minimum atomic E-state index is -0.791. The van der Waals surface area contributed by atoms with Gasteiger partial charge in [-0.3, -0.25) is 4.79 Å². The van der Waals surface area contributed by atoms with E-state index in [9.17, 15) is 9.59 Å². The van der Waals surface area contributed by atoms with Gasteiger partial charge >= 0.3 is 12.0 Å². The molecule has 2 aliphatic rings. The van der Waals surface area contributed by atoms with Crippen molar-refractivity contribution in [2.45, 2.75) is 20.8 Å². The fourth-order valence-corrected chi connectivity index (χ4v) is 2.93. The van der Waals surface area contributed by atoms with Gasteiger partial charge < -0.3 is 14.9 Å². The van der Waals surface area contributed by atoms with Gasteiger partial charge in [-0.2, -0.15) is 0 Å². The molecular formula is C13H22N2O3. The summed E-state index contributed by atoms with van der Waals surface area (Å²) in [5.74, 6) is -0.0928. The van der Waals surface area contributed by atoms with Crippen LogP contribution in [0.15, 0.2) is 0 Å². The van der Waals surface area contributed by atoms with Gasteiger partial charge in [0.15, 0.2) is 0 Å². The zero-order valence-corrected chi connectivity index (χ0v) is 11.3. The van der Waals surface area contributed by atoms with Crippen LogP contribution in [0, 0.1) is 23.7 Å². The van der Waals surface area contributed by atoms with Crippen LogP contribution in [0.3, 0.4) is 0 Å². The molecule has 2 heterocycles. The van der Waals surface area contributed by atoms with Crippen molar-refractivity contribution in [3.63, 3.8) is 0 Å². The number of aliphatic carboxylic acids is 1. The average Bonchev–Trinajstić information content (AvgIpc) is 2.82. The van der Waals surface area contributed by atoms with Gasteiger partial charge in [0.1, 0.15) is 0 Å². The van der Waals surface area contributed by atoms with E-state index in [1.807, 2.05) is 11.8 Å². The number of carbonyl (C=O) groups is 2. The number of hydrogen-bond donors (Lipinski definition) is 1. The summed E-state index contributed by atoms with van der Waals surface area (Å²) in [5, 5.41) is 9.08. The third-order valence-electron chi connectivity index (χ3n) is 4.46. The normalized spacial score (nSPS) is 36.2. The Balaban J connectivity index is 1.97. The zero-order chi connectivity index (χ0) is 13.4. The first-order chi connectivity index (χ1) is 8.40. The highest BCUT2D eigenvalue weighted by Crippen LogP contribution is 2.27. The standard InChI is InChI=1S/C13H22N2O3/c1-8-4-14(5-9(8)2)13(18)15-6-10(3)11(7-15)12(16)17/h8-11H,4-7H2,1-3H3,(H,16,17). The third-order valence-corrected chi connectivity index (χ3v) is 4.46. The summed E-state index contributed by atoms with van der Waals surface area (Å²) >= 11 is 0. The molecule has 2 aliphatic heterocycles. The number of carboxylic acid groups (broad SMARTS) is 1. The molecule has 18 heavy (non-hydrogen) atoms. The number of hydrogen-bond acceptors (Lipinski definition) is 2. The van der Waals surface area contributed by atoms with Crippen molar-refractivity contribution in [3.8, 4) is 0 Å². The van der Waals surface area contributed by atoms with E-state index in [4.69, 9.17) is 5.11 Å². The maximum atomic E-state index is 12.3. The molecule has 4 atom stereocenters. The Morgan fingerprint density at radius 3 is 1.78 bits per heavy atom. The molecule has 5 heteroatoms. The van der Waals surface area contributed by atoms with E-state index in [1.165, 1.54) is 0 Å². The highest BCUT2D eigenvalue weighted by Gasteiger charge is 2.40. The van der Waals surface area contributed by atoms with E-state index in [0.717, 1.165) is 13.1 Å². The molecule has 0 saturated carbocycles. The Bertz CT molecular complexity index is 348. The van der Waals surface area contributed by atoms with E-state index in [2.05, 4.69) is 13.8 Å². The van der Waals surface area contributed by atoms with E-state index in [1.54, 1.807) is 4.90 Å². The molecule has 0 aromatic carbocycles. The second-order valence-electron chi connectivity index (χ2n) is 5.97. The van der Waals surface area contributed by atoms with Crippen molar-refractivity contribution >= 4 is 12.0 Å². The van der Waals surface area contributed by atoms with Crippen LogP contribution in [0.1, 0.15) is 20.8 Å². The van der Waals surface area contributed by atoms with Gasteiger partial charge in [-0.25, -0.2) is 4.79 Å². The molecule has 0 radical (unpaired) electrons. The zero-order valence-electron chi connectivity index (χ0n) is 11.3. The number of carbonyl (C=O) groups excluding carboxylic acids is 1. The summed E-state index contributed by atoms with van der Waals surface area (Å²) in [6.45, 7) is 8.73. The molecule has 102 valence electrons. The molecule has 0 bridgehead atoms. The Morgan fingerprint density at radius 1 is 0.889 bits per heavy atom. The number of carboxylic acids is 1. The SMILES string of the molecule is CC1CN(C(=O)N2CC(C)C(C(=O)O)C2)CC1C. The minimum absolute atomic E-state index is 0.0156. The molecule has 2 rings (SSSR count). The van der Waals surface area contributed by atoms with Crippen molar-refractivity contribution < 1.29 is 14.7 Å². The van der Waals surface area contributed by atoms with Gasteiger partial charge in [0.2, 0.25) is 0 Å². The number of nitrogens with zero attached hydrogens (tertiary/aromatic N) is 2. The molecule has 2 amide bonds. The number of amides is 2. The molecule has 5 nitrogen and oxygen atoms in total. The van der Waals surface area contributed by atoms with Crippen LogP contribution in [-0.2, 0) is 4.79 Å². The summed E-state index contributed by atoms with van der Waals surface area (Å²) < 4.78 is 0. The van der Waals surface area contributed by atoms with Gasteiger partial charge in [-0.15, -0.1) is 0 Å². The Morgan fingerprint density at radius 2 is 1.33 bits per heavy atom. The lowest BCUT2D eigenvalue weighted by atomic mass is 9.99. The van der Waals surface area contributed by atoms with Crippen LogP contribution < -0.4 is 0 Å². The highest BCUT2D eigenvalue weighted by molar-refractivity contribution is 5.78. The maximum absolute atomic E-state index is 12.3. The maximum Gasteiger partial charge on any atom is 0.320 e. The largest absolute Gasteiger partial charge is 0.481 e. The topological polar surface area (TPSA) is 60.9 Å². The molecule has 0 aromatic rings.